The monoisotopic (exact) mass is 284 g/mol. The van der Waals surface area contributed by atoms with Crippen molar-refractivity contribution in [3.63, 3.8) is 0 Å². The van der Waals surface area contributed by atoms with Crippen LogP contribution in [0, 0.1) is 6.92 Å². The van der Waals surface area contributed by atoms with Crippen LogP contribution >= 0.6 is 0 Å². The van der Waals surface area contributed by atoms with Crippen LogP contribution in [-0.4, -0.2) is 28.8 Å². The molecule has 1 aliphatic rings. The molecule has 110 valence electrons. The Morgan fingerprint density at radius 1 is 1.24 bits per heavy atom. The maximum absolute atomic E-state index is 11.7. The van der Waals surface area contributed by atoms with Gasteiger partial charge in [0.15, 0.2) is 0 Å². The largest absolute Gasteiger partial charge is 0.371 e. The second kappa shape index (κ2) is 5.60. The molecule has 0 bridgehead atoms. The van der Waals surface area contributed by atoms with Crippen LogP contribution < -0.4 is 10.6 Å². The summed E-state index contributed by atoms with van der Waals surface area (Å²) < 4.78 is 1.83. The minimum absolute atomic E-state index is 0.376. The van der Waals surface area contributed by atoms with Gasteiger partial charge in [0.1, 0.15) is 0 Å². The minimum Gasteiger partial charge on any atom is -0.371 e. The van der Waals surface area contributed by atoms with E-state index in [0.29, 0.717) is 5.56 Å². The summed E-state index contributed by atoms with van der Waals surface area (Å²) in [7, 11) is 0. The highest BCUT2D eigenvalue weighted by atomic mass is 16.1. The van der Waals surface area contributed by atoms with E-state index in [1.165, 1.54) is 6.42 Å². The highest BCUT2D eigenvalue weighted by Crippen LogP contribution is 2.27. The molecule has 1 amide bonds. The maximum Gasteiger partial charge on any atom is 0.250 e. The average molecular weight is 284 g/mol. The van der Waals surface area contributed by atoms with E-state index in [0.717, 1.165) is 42.9 Å². The number of hydrogen-bond donors (Lipinski definition) is 1. The molecule has 0 aliphatic carbocycles. The molecule has 2 aromatic rings. The number of amides is 1. The molecule has 1 aliphatic heterocycles. The van der Waals surface area contributed by atoms with E-state index in [9.17, 15) is 4.79 Å². The summed E-state index contributed by atoms with van der Waals surface area (Å²) in [4.78, 5) is 13.9. The van der Waals surface area contributed by atoms with Crippen molar-refractivity contribution in [2.45, 2.75) is 26.2 Å². The van der Waals surface area contributed by atoms with Gasteiger partial charge in [-0.15, -0.1) is 0 Å². The number of hydrogen-bond acceptors (Lipinski definition) is 3. The Morgan fingerprint density at radius 2 is 2.00 bits per heavy atom. The van der Waals surface area contributed by atoms with Crippen LogP contribution in [0.15, 0.2) is 30.6 Å². The number of anilines is 1. The fourth-order valence-corrected chi connectivity index (χ4v) is 2.82. The number of carbonyl (C=O) groups excluding carboxylic acids is 1. The summed E-state index contributed by atoms with van der Waals surface area (Å²) in [6.07, 6.45) is 7.36. The number of primary amides is 1. The van der Waals surface area contributed by atoms with Gasteiger partial charge in [-0.3, -0.25) is 4.79 Å². The first-order valence-electron chi connectivity index (χ1n) is 7.35. The SMILES string of the molecule is Cc1cnn(-c2ccc(C(N)=O)c(N3CCCCC3)c2)c1. The van der Waals surface area contributed by atoms with Gasteiger partial charge in [-0.2, -0.15) is 5.10 Å². The lowest BCUT2D eigenvalue weighted by Gasteiger charge is -2.30. The summed E-state index contributed by atoms with van der Waals surface area (Å²) in [6, 6.07) is 5.70. The van der Waals surface area contributed by atoms with Gasteiger partial charge in [-0.1, -0.05) is 0 Å². The first kappa shape index (κ1) is 13.7. The smallest absolute Gasteiger partial charge is 0.250 e. The third-order valence-electron chi connectivity index (χ3n) is 3.92. The number of nitrogens with two attached hydrogens (primary N) is 1. The number of rotatable bonds is 3. The van der Waals surface area contributed by atoms with Gasteiger partial charge < -0.3 is 10.6 Å². The normalized spacial score (nSPS) is 15.2. The number of nitrogens with zero attached hydrogens (tertiary/aromatic N) is 3. The molecule has 3 rings (SSSR count). The zero-order valence-electron chi connectivity index (χ0n) is 12.2. The molecule has 0 atom stereocenters. The summed E-state index contributed by atoms with van der Waals surface area (Å²) in [5, 5.41) is 4.33. The summed E-state index contributed by atoms with van der Waals surface area (Å²) in [6.45, 7) is 3.95. The first-order chi connectivity index (χ1) is 10.1. The fourth-order valence-electron chi connectivity index (χ4n) is 2.82. The van der Waals surface area contributed by atoms with E-state index in [1.54, 1.807) is 6.07 Å². The van der Waals surface area contributed by atoms with Gasteiger partial charge in [-0.25, -0.2) is 4.68 Å². The summed E-state index contributed by atoms with van der Waals surface area (Å²) in [5.41, 5.74) is 9.10. The molecule has 5 nitrogen and oxygen atoms in total. The Labute approximate surface area is 124 Å². The second-order valence-corrected chi connectivity index (χ2v) is 5.58. The minimum atomic E-state index is -0.376. The Kier molecular flexibility index (Phi) is 3.64. The van der Waals surface area contributed by atoms with Crippen molar-refractivity contribution in [1.82, 2.24) is 9.78 Å². The lowest BCUT2D eigenvalue weighted by molar-refractivity contribution is 0.100. The molecule has 1 saturated heterocycles. The molecule has 1 aromatic heterocycles. The van der Waals surface area contributed by atoms with Crippen molar-refractivity contribution in [1.29, 1.82) is 0 Å². The van der Waals surface area contributed by atoms with Crippen LogP contribution in [0.5, 0.6) is 0 Å². The molecule has 2 N–H and O–H groups in total. The predicted molar refractivity (Wildman–Crippen MR) is 82.9 cm³/mol. The predicted octanol–water partition coefficient (Wildman–Crippen LogP) is 2.27. The van der Waals surface area contributed by atoms with Crippen molar-refractivity contribution < 1.29 is 4.79 Å². The van der Waals surface area contributed by atoms with Crippen molar-refractivity contribution in [3.05, 3.63) is 41.7 Å². The van der Waals surface area contributed by atoms with E-state index in [1.807, 2.05) is 36.1 Å². The molecule has 0 radical (unpaired) electrons. The quantitative estimate of drug-likeness (QED) is 0.940. The van der Waals surface area contributed by atoms with Gasteiger partial charge in [0.2, 0.25) is 0 Å². The van der Waals surface area contributed by atoms with Gasteiger partial charge in [-0.05, 0) is 49.9 Å². The van der Waals surface area contributed by atoms with Gasteiger partial charge >= 0.3 is 0 Å². The van der Waals surface area contributed by atoms with Crippen LogP contribution in [0.1, 0.15) is 35.2 Å². The van der Waals surface area contributed by atoms with Crippen molar-refractivity contribution >= 4 is 11.6 Å². The van der Waals surface area contributed by atoms with Gasteiger partial charge in [0.05, 0.1) is 23.1 Å². The zero-order chi connectivity index (χ0) is 14.8. The number of carbonyl (C=O) groups is 1. The van der Waals surface area contributed by atoms with E-state index >= 15 is 0 Å². The van der Waals surface area contributed by atoms with E-state index in [-0.39, 0.29) is 5.91 Å². The van der Waals surface area contributed by atoms with Crippen molar-refractivity contribution in [3.8, 4) is 5.69 Å². The molecular formula is C16H20N4O. The number of piperidine rings is 1. The molecule has 5 heteroatoms. The molecule has 1 aromatic carbocycles. The fraction of sp³-hybridized carbons (Fsp3) is 0.375. The van der Waals surface area contributed by atoms with E-state index in [4.69, 9.17) is 5.73 Å². The highest BCUT2D eigenvalue weighted by molar-refractivity contribution is 5.99. The molecule has 1 fully saturated rings. The molecule has 21 heavy (non-hydrogen) atoms. The highest BCUT2D eigenvalue weighted by Gasteiger charge is 2.18. The van der Waals surface area contributed by atoms with E-state index in [2.05, 4.69) is 10.00 Å². The Balaban J connectivity index is 2.03. The average Bonchev–Trinajstić information content (AvgIpc) is 2.94. The van der Waals surface area contributed by atoms with Crippen LogP contribution in [0.3, 0.4) is 0 Å². The molecular weight excluding hydrogens is 264 g/mol. The number of benzene rings is 1. The molecule has 0 unspecified atom stereocenters. The number of aryl methyl sites for hydroxylation is 1. The Hall–Kier alpha value is -2.30. The van der Waals surface area contributed by atoms with Gasteiger partial charge in [0.25, 0.3) is 5.91 Å². The summed E-state index contributed by atoms with van der Waals surface area (Å²) in [5.74, 6) is -0.376. The lowest BCUT2D eigenvalue weighted by Crippen LogP contribution is -2.31. The molecule has 0 spiro atoms. The maximum atomic E-state index is 11.7. The third kappa shape index (κ3) is 2.77. The lowest BCUT2D eigenvalue weighted by atomic mass is 10.1. The van der Waals surface area contributed by atoms with Crippen LogP contribution in [0.25, 0.3) is 5.69 Å². The van der Waals surface area contributed by atoms with Crippen LogP contribution in [-0.2, 0) is 0 Å². The third-order valence-corrected chi connectivity index (χ3v) is 3.92. The van der Waals surface area contributed by atoms with E-state index < -0.39 is 0 Å². The Bertz CT molecular complexity index is 656. The topological polar surface area (TPSA) is 64.2 Å². The van der Waals surface area contributed by atoms with Gasteiger partial charge in [0, 0.05) is 19.3 Å². The standard InChI is InChI=1S/C16H20N4O/c1-12-10-18-20(11-12)13-5-6-14(16(17)21)15(9-13)19-7-3-2-4-8-19/h5-6,9-11H,2-4,7-8H2,1H3,(H2,17,21). The summed E-state index contributed by atoms with van der Waals surface area (Å²) >= 11 is 0. The first-order valence-corrected chi connectivity index (χ1v) is 7.35. The van der Waals surface area contributed by atoms with Crippen LogP contribution in [0.4, 0.5) is 5.69 Å². The van der Waals surface area contributed by atoms with Crippen molar-refractivity contribution in [2.75, 3.05) is 18.0 Å². The molecule has 2 heterocycles. The van der Waals surface area contributed by atoms with Crippen molar-refractivity contribution in [2.24, 2.45) is 5.73 Å². The van der Waals surface area contributed by atoms with Crippen LogP contribution in [0.2, 0.25) is 0 Å². The zero-order valence-corrected chi connectivity index (χ0v) is 12.2. The Morgan fingerprint density at radius 3 is 2.62 bits per heavy atom. The number of aromatic nitrogens is 2. The second-order valence-electron chi connectivity index (χ2n) is 5.58. The molecule has 0 saturated carbocycles.